The standard InChI is InChI=1S/C15H16N2O4/c1-4-15(3)20-11-6-5-10(7-12(11)21-15)17-14(18)13-9(2)19-8-16-13/h5-8H,4H2,1-3H3,(H,17,18). The van der Waals surface area contributed by atoms with Gasteiger partial charge in [0.05, 0.1) is 0 Å². The van der Waals surface area contributed by atoms with Gasteiger partial charge in [0, 0.05) is 25.1 Å². The van der Waals surface area contributed by atoms with Crippen molar-refractivity contribution in [2.45, 2.75) is 33.0 Å². The van der Waals surface area contributed by atoms with Gasteiger partial charge in [0.2, 0.25) is 5.79 Å². The van der Waals surface area contributed by atoms with E-state index < -0.39 is 5.79 Å². The van der Waals surface area contributed by atoms with Gasteiger partial charge in [0.25, 0.3) is 5.91 Å². The molecular formula is C15H16N2O4. The van der Waals surface area contributed by atoms with E-state index in [2.05, 4.69) is 10.3 Å². The van der Waals surface area contributed by atoms with E-state index in [9.17, 15) is 4.79 Å². The van der Waals surface area contributed by atoms with Crippen LogP contribution in [-0.4, -0.2) is 16.7 Å². The Morgan fingerprint density at radius 3 is 2.76 bits per heavy atom. The van der Waals surface area contributed by atoms with Crippen LogP contribution in [-0.2, 0) is 0 Å². The molecule has 1 aliphatic heterocycles. The van der Waals surface area contributed by atoms with Crippen LogP contribution in [0.2, 0.25) is 0 Å². The maximum Gasteiger partial charge on any atom is 0.277 e. The number of anilines is 1. The van der Waals surface area contributed by atoms with Crippen LogP contribution in [0, 0.1) is 6.92 Å². The number of aryl methyl sites for hydroxylation is 1. The zero-order valence-corrected chi connectivity index (χ0v) is 12.1. The lowest BCUT2D eigenvalue weighted by molar-refractivity contribution is -0.0640. The molecule has 1 unspecified atom stereocenters. The topological polar surface area (TPSA) is 73.6 Å². The molecule has 0 fully saturated rings. The first-order chi connectivity index (χ1) is 10.0. The third-order valence-corrected chi connectivity index (χ3v) is 3.46. The Balaban J connectivity index is 1.79. The average molecular weight is 288 g/mol. The predicted molar refractivity (Wildman–Crippen MR) is 75.6 cm³/mol. The SMILES string of the molecule is CCC1(C)Oc2ccc(NC(=O)c3ncoc3C)cc2O1. The van der Waals surface area contributed by atoms with Crippen LogP contribution < -0.4 is 14.8 Å². The normalized spacial score (nSPS) is 19.6. The second-order valence-corrected chi connectivity index (χ2v) is 5.06. The van der Waals surface area contributed by atoms with Gasteiger partial charge in [-0.25, -0.2) is 4.98 Å². The van der Waals surface area contributed by atoms with Crippen molar-refractivity contribution in [1.29, 1.82) is 0 Å². The maximum atomic E-state index is 12.1. The van der Waals surface area contributed by atoms with E-state index in [0.717, 1.165) is 6.42 Å². The van der Waals surface area contributed by atoms with Crippen LogP contribution in [0.3, 0.4) is 0 Å². The molecule has 1 aromatic heterocycles. The highest BCUT2D eigenvalue weighted by Gasteiger charge is 2.35. The summed E-state index contributed by atoms with van der Waals surface area (Å²) in [4.78, 5) is 16.0. The van der Waals surface area contributed by atoms with E-state index in [0.29, 0.717) is 22.9 Å². The number of hydrogen-bond donors (Lipinski definition) is 1. The lowest BCUT2D eigenvalue weighted by atomic mass is 10.2. The maximum absolute atomic E-state index is 12.1. The van der Waals surface area contributed by atoms with Gasteiger partial charge in [0.15, 0.2) is 23.6 Å². The van der Waals surface area contributed by atoms with E-state index in [-0.39, 0.29) is 11.6 Å². The second kappa shape index (κ2) is 4.80. The minimum absolute atomic E-state index is 0.270. The Morgan fingerprint density at radius 1 is 1.33 bits per heavy atom. The molecule has 0 bridgehead atoms. The number of carbonyl (C=O) groups is 1. The second-order valence-electron chi connectivity index (χ2n) is 5.06. The predicted octanol–water partition coefficient (Wildman–Crippen LogP) is 3.13. The lowest BCUT2D eigenvalue weighted by Crippen LogP contribution is -2.33. The largest absolute Gasteiger partial charge is 0.449 e. The molecule has 110 valence electrons. The molecule has 0 saturated carbocycles. The number of rotatable bonds is 3. The van der Waals surface area contributed by atoms with Crippen molar-refractivity contribution in [2.75, 3.05) is 5.32 Å². The molecule has 2 aromatic rings. The Morgan fingerprint density at radius 2 is 2.10 bits per heavy atom. The van der Waals surface area contributed by atoms with Crippen LogP contribution in [0.4, 0.5) is 5.69 Å². The minimum Gasteiger partial charge on any atom is -0.449 e. The summed E-state index contributed by atoms with van der Waals surface area (Å²) in [5.41, 5.74) is 0.885. The van der Waals surface area contributed by atoms with E-state index in [1.54, 1.807) is 25.1 Å². The molecule has 3 rings (SSSR count). The quantitative estimate of drug-likeness (QED) is 0.939. The molecule has 1 amide bonds. The van der Waals surface area contributed by atoms with Crippen molar-refractivity contribution in [3.05, 3.63) is 36.0 Å². The van der Waals surface area contributed by atoms with E-state index in [1.165, 1.54) is 6.39 Å². The van der Waals surface area contributed by atoms with E-state index >= 15 is 0 Å². The zero-order valence-electron chi connectivity index (χ0n) is 12.1. The van der Waals surface area contributed by atoms with Crippen molar-refractivity contribution in [2.24, 2.45) is 0 Å². The number of aromatic nitrogens is 1. The molecule has 1 N–H and O–H groups in total. The molecule has 0 saturated heterocycles. The van der Waals surface area contributed by atoms with E-state index in [4.69, 9.17) is 13.9 Å². The van der Waals surface area contributed by atoms with Gasteiger partial charge < -0.3 is 19.2 Å². The first-order valence-electron chi connectivity index (χ1n) is 6.74. The van der Waals surface area contributed by atoms with Gasteiger partial charge in [-0.15, -0.1) is 0 Å². The number of fused-ring (bicyclic) bond motifs is 1. The number of ether oxygens (including phenoxy) is 2. The molecule has 1 atom stereocenters. The fourth-order valence-electron chi connectivity index (χ4n) is 2.09. The third kappa shape index (κ3) is 2.44. The summed E-state index contributed by atoms with van der Waals surface area (Å²) in [5, 5.41) is 2.76. The fourth-order valence-corrected chi connectivity index (χ4v) is 2.09. The van der Waals surface area contributed by atoms with Gasteiger partial charge in [-0.2, -0.15) is 0 Å². The number of oxazole rings is 1. The molecule has 6 heteroatoms. The average Bonchev–Trinajstić information content (AvgIpc) is 3.01. The fraction of sp³-hybridized carbons (Fsp3) is 0.333. The monoisotopic (exact) mass is 288 g/mol. The Hall–Kier alpha value is -2.50. The van der Waals surface area contributed by atoms with Crippen molar-refractivity contribution < 1.29 is 18.7 Å². The number of amides is 1. The Bertz CT molecular complexity index is 695. The van der Waals surface area contributed by atoms with Crippen molar-refractivity contribution in [3.63, 3.8) is 0 Å². The summed E-state index contributed by atoms with van der Waals surface area (Å²) >= 11 is 0. The summed E-state index contributed by atoms with van der Waals surface area (Å²) in [5.74, 6) is 0.808. The van der Waals surface area contributed by atoms with Gasteiger partial charge in [0.1, 0.15) is 5.76 Å². The van der Waals surface area contributed by atoms with Gasteiger partial charge in [-0.1, -0.05) is 6.92 Å². The van der Waals surface area contributed by atoms with Crippen molar-refractivity contribution >= 4 is 11.6 Å². The van der Waals surface area contributed by atoms with Crippen LogP contribution in [0.5, 0.6) is 11.5 Å². The zero-order chi connectivity index (χ0) is 15.0. The number of nitrogens with zero attached hydrogens (tertiary/aromatic N) is 1. The first kappa shape index (κ1) is 13.5. The summed E-state index contributed by atoms with van der Waals surface area (Å²) in [6.07, 6.45) is 1.97. The number of hydrogen-bond acceptors (Lipinski definition) is 5. The number of carbonyl (C=O) groups excluding carboxylic acids is 1. The van der Waals surface area contributed by atoms with Crippen LogP contribution in [0.15, 0.2) is 29.0 Å². The molecule has 0 spiro atoms. The summed E-state index contributed by atoms with van der Waals surface area (Å²) in [7, 11) is 0. The summed E-state index contributed by atoms with van der Waals surface area (Å²) in [6.45, 7) is 5.56. The number of benzene rings is 1. The molecular weight excluding hydrogens is 272 g/mol. The Kier molecular flexibility index (Phi) is 3.08. The molecule has 0 aliphatic carbocycles. The smallest absolute Gasteiger partial charge is 0.277 e. The third-order valence-electron chi connectivity index (χ3n) is 3.46. The van der Waals surface area contributed by atoms with Gasteiger partial charge >= 0.3 is 0 Å². The van der Waals surface area contributed by atoms with Crippen molar-refractivity contribution in [3.8, 4) is 11.5 Å². The molecule has 1 aliphatic rings. The molecule has 6 nitrogen and oxygen atoms in total. The molecule has 2 heterocycles. The summed E-state index contributed by atoms with van der Waals surface area (Å²) < 4.78 is 16.5. The van der Waals surface area contributed by atoms with Crippen LogP contribution in [0.25, 0.3) is 0 Å². The van der Waals surface area contributed by atoms with Crippen LogP contribution >= 0.6 is 0 Å². The van der Waals surface area contributed by atoms with Crippen molar-refractivity contribution in [1.82, 2.24) is 4.98 Å². The van der Waals surface area contributed by atoms with E-state index in [1.807, 2.05) is 13.8 Å². The lowest BCUT2D eigenvalue weighted by Gasteiger charge is -2.20. The minimum atomic E-state index is -0.645. The molecule has 0 radical (unpaired) electrons. The Labute approximate surface area is 122 Å². The molecule has 1 aromatic carbocycles. The number of nitrogens with one attached hydrogen (secondary N) is 1. The molecule has 21 heavy (non-hydrogen) atoms. The first-order valence-corrected chi connectivity index (χ1v) is 6.74. The van der Waals surface area contributed by atoms with Gasteiger partial charge in [-0.3, -0.25) is 4.79 Å². The highest BCUT2D eigenvalue weighted by Crippen LogP contribution is 2.42. The summed E-state index contributed by atoms with van der Waals surface area (Å²) in [6, 6.07) is 5.28. The van der Waals surface area contributed by atoms with Gasteiger partial charge in [-0.05, 0) is 19.1 Å². The highest BCUT2D eigenvalue weighted by molar-refractivity contribution is 6.03. The van der Waals surface area contributed by atoms with Crippen LogP contribution in [0.1, 0.15) is 36.5 Å². The highest BCUT2D eigenvalue weighted by atomic mass is 16.7.